The summed E-state index contributed by atoms with van der Waals surface area (Å²) >= 11 is 6.12. The molecule has 0 atom stereocenters. The second-order valence-electron chi connectivity index (χ2n) is 8.87. The van der Waals surface area contributed by atoms with Gasteiger partial charge in [0.25, 0.3) is 5.91 Å². The molecule has 2 aromatic carbocycles. The molecule has 0 radical (unpaired) electrons. The van der Waals surface area contributed by atoms with Crippen molar-refractivity contribution in [2.24, 2.45) is 0 Å². The molecule has 0 aliphatic rings. The number of amides is 1. The van der Waals surface area contributed by atoms with E-state index in [1.54, 1.807) is 0 Å². The molecular formula is C23H30ClNO2. The van der Waals surface area contributed by atoms with E-state index in [-0.39, 0.29) is 23.3 Å². The smallest absolute Gasteiger partial charge is 0.258 e. The Morgan fingerprint density at radius 3 is 2.26 bits per heavy atom. The van der Waals surface area contributed by atoms with Gasteiger partial charge in [0.05, 0.1) is 0 Å². The molecule has 0 bridgehead atoms. The predicted molar refractivity (Wildman–Crippen MR) is 113 cm³/mol. The molecule has 3 nitrogen and oxygen atoms in total. The second kappa shape index (κ2) is 8.35. The molecule has 0 saturated carbocycles. The fraction of sp³-hybridized carbons (Fsp3) is 0.435. The van der Waals surface area contributed by atoms with E-state index in [0.29, 0.717) is 11.6 Å². The van der Waals surface area contributed by atoms with Crippen LogP contribution in [-0.2, 0) is 22.2 Å². The third-order valence-corrected chi connectivity index (χ3v) is 4.81. The zero-order valence-corrected chi connectivity index (χ0v) is 17.9. The van der Waals surface area contributed by atoms with E-state index < -0.39 is 0 Å². The molecular weight excluding hydrogens is 358 g/mol. The minimum absolute atomic E-state index is 0.0254. The van der Waals surface area contributed by atoms with E-state index in [0.717, 1.165) is 16.9 Å². The first kappa shape index (κ1) is 21.3. The van der Waals surface area contributed by atoms with Gasteiger partial charge in [-0.05, 0) is 39.7 Å². The van der Waals surface area contributed by atoms with Crippen LogP contribution < -0.4 is 10.1 Å². The highest BCUT2D eigenvalue weighted by Gasteiger charge is 2.23. The lowest BCUT2D eigenvalue weighted by molar-refractivity contribution is -0.123. The fourth-order valence-corrected chi connectivity index (χ4v) is 2.94. The average Bonchev–Trinajstić information content (AvgIpc) is 2.57. The van der Waals surface area contributed by atoms with Crippen LogP contribution in [0.25, 0.3) is 0 Å². The highest BCUT2D eigenvalue weighted by atomic mass is 35.5. The van der Waals surface area contributed by atoms with Crippen molar-refractivity contribution in [3.63, 3.8) is 0 Å². The number of halogens is 1. The van der Waals surface area contributed by atoms with Crippen LogP contribution >= 0.6 is 11.6 Å². The molecule has 4 heteroatoms. The van der Waals surface area contributed by atoms with Crippen LogP contribution in [0.5, 0.6) is 5.75 Å². The molecule has 0 heterocycles. The van der Waals surface area contributed by atoms with Crippen molar-refractivity contribution in [2.45, 2.75) is 58.9 Å². The topological polar surface area (TPSA) is 38.3 Å². The zero-order valence-electron chi connectivity index (χ0n) is 17.2. The summed E-state index contributed by atoms with van der Waals surface area (Å²) in [5, 5.41) is 3.50. The molecule has 0 unspecified atom stereocenters. The van der Waals surface area contributed by atoms with Crippen LogP contribution in [0.4, 0.5) is 0 Å². The Hall–Kier alpha value is -2.00. The molecule has 0 aliphatic heterocycles. The first-order valence-electron chi connectivity index (χ1n) is 9.26. The minimum atomic E-state index is -0.172. The van der Waals surface area contributed by atoms with Gasteiger partial charge in [0.15, 0.2) is 6.61 Å². The van der Waals surface area contributed by atoms with Gasteiger partial charge in [-0.2, -0.15) is 0 Å². The maximum absolute atomic E-state index is 12.2. The molecule has 0 aromatic heterocycles. The van der Waals surface area contributed by atoms with Gasteiger partial charge in [0, 0.05) is 11.6 Å². The minimum Gasteiger partial charge on any atom is -0.483 e. The molecule has 0 fully saturated rings. The highest BCUT2D eigenvalue weighted by Crippen LogP contribution is 2.35. The molecule has 1 amide bonds. The van der Waals surface area contributed by atoms with Crippen molar-refractivity contribution in [1.82, 2.24) is 5.32 Å². The van der Waals surface area contributed by atoms with Crippen LogP contribution in [0.3, 0.4) is 0 Å². The van der Waals surface area contributed by atoms with Crippen molar-refractivity contribution in [3.8, 4) is 5.75 Å². The van der Waals surface area contributed by atoms with Gasteiger partial charge in [-0.3, -0.25) is 4.79 Å². The van der Waals surface area contributed by atoms with Crippen LogP contribution in [0.15, 0.2) is 42.5 Å². The van der Waals surface area contributed by atoms with E-state index in [1.165, 1.54) is 5.56 Å². The Morgan fingerprint density at radius 1 is 1.00 bits per heavy atom. The summed E-state index contributed by atoms with van der Waals surface area (Å²) in [6, 6.07) is 13.7. The van der Waals surface area contributed by atoms with E-state index in [4.69, 9.17) is 16.3 Å². The van der Waals surface area contributed by atoms with Gasteiger partial charge in [-0.1, -0.05) is 83.5 Å². The molecule has 27 heavy (non-hydrogen) atoms. The molecule has 0 aliphatic carbocycles. The zero-order chi connectivity index (χ0) is 20.2. The summed E-state index contributed by atoms with van der Waals surface area (Å²) in [5.74, 6) is 0.582. The molecule has 146 valence electrons. The molecule has 2 rings (SSSR count). The number of ether oxygens (including phenoxy) is 1. The van der Waals surface area contributed by atoms with Crippen molar-refractivity contribution in [2.75, 3.05) is 6.61 Å². The van der Waals surface area contributed by atoms with Gasteiger partial charge in [0.1, 0.15) is 5.75 Å². The van der Waals surface area contributed by atoms with Crippen LogP contribution in [0.2, 0.25) is 5.02 Å². The lowest BCUT2D eigenvalue weighted by Gasteiger charge is -2.27. The van der Waals surface area contributed by atoms with E-state index in [1.807, 2.05) is 30.3 Å². The number of nitrogens with one attached hydrogen (secondary N) is 1. The van der Waals surface area contributed by atoms with Crippen LogP contribution in [0, 0.1) is 0 Å². The van der Waals surface area contributed by atoms with Crippen LogP contribution in [0.1, 0.15) is 58.2 Å². The summed E-state index contributed by atoms with van der Waals surface area (Å²) < 4.78 is 5.87. The Balaban J connectivity index is 2.06. The second-order valence-corrected chi connectivity index (χ2v) is 9.27. The number of benzene rings is 2. The first-order valence-corrected chi connectivity index (χ1v) is 9.64. The van der Waals surface area contributed by atoms with Crippen molar-refractivity contribution < 1.29 is 9.53 Å². The van der Waals surface area contributed by atoms with Crippen molar-refractivity contribution in [1.29, 1.82) is 0 Å². The largest absolute Gasteiger partial charge is 0.483 e. The fourth-order valence-electron chi connectivity index (χ4n) is 2.74. The number of carbonyl (C=O) groups is 1. The number of hydrogen-bond acceptors (Lipinski definition) is 2. The molecule has 0 saturated heterocycles. The van der Waals surface area contributed by atoms with Gasteiger partial charge in [-0.15, -0.1) is 0 Å². The Kier molecular flexibility index (Phi) is 6.59. The van der Waals surface area contributed by atoms with Crippen LogP contribution in [-0.4, -0.2) is 12.5 Å². The van der Waals surface area contributed by atoms with Crippen molar-refractivity contribution in [3.05, 3.63) is 64.2 Å². The van der Waals surface area contributed by atoms with E-state index in [9.17, 15) is 4.79 Å². The summed E-state index contributed by atoms with van der Waals surface area (Å²) in [5.41, 5.74) is 3.23. The Labute approximate surface area is 168 Å². The summed E-state index contributed by atoms with van der Waals surface area (Å²) in [7, 11) is 0. The maximum atomic E-state index is 12.2. The number of hydrogen-bond donors (Lipinski definition) is 1. The number of carbonyl (C=O) groups excluding carboxylic acids is 1. The lowest BCUT2D eigenvalue weighted by Crippen LogP contribution is -2.29. The lowest BCUT2D eigenvalue weighted by atomic mass is 9.80. The SMILES string of the molecule is CC(C)(C)c1ccc(OCC(=O)NCc2ccccc2Cl)c(C(C)(C)C)c1. The summed E-state index contributed by atoms with van der Waals surface area (Å²) in [4.78, 5) is 12.2. The van der Waals surface area contributed by atoms with E-state index in [2.05, 4.69) is 59.0 Å². The van der Waals surface area contributed by atoms with E-state index >= 15 is 0 Å². The third-order valence-electron chi connectivity index (χ3n) is 4.45. The molecule has 0 spiro atoms. The molecule has 2 aromatic rings. The Morgan fingerprint density at radius 2 is 1.67 bits per heavy atom. The predicted octanol–water partition coefficient (Wildman–Crippen LogP) is 5.63. The van der Waals surface area contributed by atoms with Crippen molar-refractivity contribution >= 4 is 17.5 Å². The number of rotatable bonds is 5. The van der Waals surface area contributed by atoms with Gasteiger partial charge < -0.3 is 10.1 Å². The quantitative estimate of drug-likeness (QED) is 0.721. The van der Waals surface area contributed by atoms with Gasteiger partial charge in [-0.25, -0.2) is 0 Å². The first-order chi connectivity index (χ1) is 12.5. The Bertz CT molecular complexity index is 801. The standard InChI is InChI=1S/C23H30ClNO2/c1-22(2,3)17-11-12-20(18(13-17)23(4,5)6)27-15-21(26)25-14-16-9-7-8-10-19(16)24/h7-13H,14-15H2,1-6H3,(H,25,26). The third kappa shape index (κ3) is 6.00. The van der Waals surface area contributed by atoms with Gasteiger partial charge in [0.2, 0.25) is 0 Å². The summed E-state index contributed by atoms with van der Waals surface area (Å²) in [6.07, 6.45) is 0. The normalized spacial score (nSPS) is 12.0. The monoisotopic (exact) mass is 387 g/mol. The van der Waals surface area contributed by atoms with Gasteiger partial charge >= 0.3 is 0 Å². The maximum Gasteiger partial charge on any atom is 0.258 e. The summed E-state index contributed by atoms with van der Waals surface area (Å²) in [6.45, 7) is 13.4. The molecule has 1 N–H and O–H groups in total. The average molecular weight is 388 g/mol. The highest BCUT2D eigenvalue weighted by molar-refractivity contribution is 6.31.